The van der Waals surface area contributed by atoms with E-state index < -0.39 is 49.5 Å². The summed E-state index contributed by atoms with van der Waals surface area (Å²) in [5.74, 6) is -1.46. The van der Waals surface area contributed by atoms with Gasteiger partial charge in [-0.05, 0) is 5.56 Å². The SMILES string of the molecule is CC(=O)N[C@@H]1[C@H](OCc2ccccc2)O[C@H]2CO[C@@H](c3ccccc3)O[C@H]2[C@@H]1OCC(=O)O. The second-order valence-electron chi connectivity index (χ2n) is 7.91. The summed E-state index contributed by atoms with van der Waals surface area (Å²) in [6.07, 6.45) is -3.66. The van der Waals surface area contributed by atoms with E-state index >= 15 is 0 Å². The Morgan fingerprint density at radius 1 is 1.03 bits per heavy atom. The summed E-state index contributed by atoms with van der Waals surface area (Å²) in [5, 5.41) is 12.0. The average molecular weight is 457 g/mol. The maximum atomic E-state index is 12.0. The largest absolute Gasteiger partial charge is 0.480 e. The Morgan fingerprint density at radius 2 is 1.73 bits per heavy atom. The third-order valence-corrected chi connectivity index (χ3v) is 5.44. The molecule has 2 N–H and O–H groups in total. The van der Waals surface area contributed by atoms with Crippen molar-refractivity contribution in [3.63, 3.8) is 0 Å². The van der Waals surface area contributed by atoms with Gasteiger partial charge in [0.05, 0.1) is 13.2 Å². The molecule has 1 amide bonds. The number of carbonyl (C=O) groups is 2. The number of hydrogen-bond donors (Lipinski definition) is 2. The quantitative estimate of drug-likeness (QED) is 0.619. The van der Waals surface area contributed by atoms with Crippen molar-refractivity contribution in [3.05, 3.63) is 71.8 Å². The third kappa shape index (κ3) is 5.95. The Morgan fingerprint density at radius 3 is 2.39 bits per heavy atom. The Kier molecular flexibility index (Phi) is 7.69. The molecule has 2 heterocycles. The fourth-order valence-corrected chi connectivity index (χ4v) is 4.00. The molecular weight excluding hydrogens is 430 g/mol. The van der Waals surface area contributed by atoms with Gasteiger partial charge in [0.15, 0.2) is 12.6 Å². The molecule has 0 saturated carbocycles. The Balaban J connectivity index is 1.56. The second-order valence-corrected chi connectivity index (χ2v) is 7.91. The van der Waals surface area contributed by atoms with E-state index in [-0.39, 0.29) is 19.1 Å². The van der Waals surface area contributed by atoms with Crippen LogP contribution in [0, 0.1) is 0 Å². The van der Waals surface area contributed by atoms with Gasteiger partial charge in [-0.25, -0.2) is 4.79 Å². The van der Waals surface area contributed by atoms with Crippen LogP contribution in [0.1, 0.15) is 24.3 Å². The van der Waals surface area contributed by atoms with Crippen molar-refractivity contribution in [2.45, 2.75) is 50.5 Å². The summed E-state index contributed by atoms with van der Waals surface area (Å²) < 4.78 is 29.9. The molecule has 2 aliphatic heterocycles. The molecule has 9 heteroatoms. The van der Waals surface area contributed by atoms with Gasteiger partial charge in [0, 0.05) is 12.5 Å². The molecule has 4 rings (SSSR count). The van der Waals surface area contributed by atoms with Crippen LogP contribution < -0.4 is 5.32 Å². The van der Waals surface area contributed by atoms with Crippen LogP contribution in [0.4, 0.5) is 0 Å². The number of nitrogens with one attached hydrogen (secondary N) is 1. The Bertz CT molecular complexity index is 925. The van der Waals surface area contributed by atoms with Crippen molar-refractivity contribution in [2.75, 3.05) is 13.2 Å². The van der Waals surface area contributed by atoms with Crippen LogP contribution in [0.15, 0.2) is 60.7 Å². The molecule has 0 aromatic heterocycles. The van der Waals surface area contributed by atoms with E-state index in [2.05, 4.69) is 5.32 Å². The molecule has 0 aliphatic carbocycles. The zero-order chi connectivity index (χ0) is 23.2. The minimum atomic E-state index is -1.13. The predicted molar refractivity (Wildman–Crippen MR) is 115 cm³/mol. The molecule has 176 valence electrons. The highest BCUT2D eigenvalue weighted by Crippen LogP contribution is 2.35. The highest BCUT2D eigenvalue weighted by Gasteiger charge is 2.51. The normalized spacial score (nSPS) is 29.1. The fourth-order valence-electron chi connectivity index (χ4n) is 4.00. The zero-order valence-corrected chi connectivity index (χ0v) is 18.2. The Labute approximate surface area is 191 Å². The van der Waals surface area contributed by atoms with Crippen molar-refractivity contribution in [3.8, 4) is 0 Å². The maximum absolute atomic E-state index is 12.0. The minimum Gasteiger partial charge on any atom is -0.480 e. The van der Waals surface area contributed by atoms with Gasteiger partial charge in [0.2, 0.25) is 5.91 Å². The lowest BCUT2D eigenvalue weighted by atomic mass is 9.95. The predicted octanol–water partition coefficient (Wildman–Crippen LogP) is 2.02. The summed E-state index contributed by atoms with van der Waals surface area (Å²) in [5.41, 5.74) is 1.74. The van der Waals surface area contributed by atoms with Gasteiger partial charge in [0.1, 0.15) is 31.0 Å². The molecule has 2 aliphatic rings. The Hall–Kier alpha value is -2.82. The molecule has 2 fully saturated rings. The lowest BCUT2D eigenvalue weighted by Gasteiger charge is -2.49. The molecule has 0 unspecified atom stereocenters. The van der Waals surface area contributed by atoms with Crippen LogP contribution in [0.3, 0.4) is 0 Å². The van der Waals surface area contributed by atoms with Crippen molar-refractivity contribution in [1.82, 2.24) is 5.32 Å². The van der Waals surface area contributed by atoms with E-state index in [0.29, 0.717) is 0 Å². The molecule has 0 spiro atoms. The maximum Gasteiger partial charge on any atom is 0.329 e. The van der Waals surface area contributed by atoms with Crippen LogP contribution in [-0.4, -0.2) is 60.8 Å². The van der Waals surface area contributed by atoms with Crippen LogP contribution in [-0.2, 0) is 39.9 Å². The van der Waals surface area contributed by atoms with E-state index in [1.807, 2.05) is 60.7 Å². The van der Waals surface area contributed by atoms with E-state index in [1.165, 1.54) is 6.92 Å². The zero-order valence-electron chi connectivity index (χ0n) is 18.2. The summed E-state index contributed by atoms with van der Waals surface area (Å²) in [4.78, 5) is 23.3. The summed E-state index contributed by atoms with van der Waals surface area (Å²) in [7, 11) is 0. The minimum absolute atomic E-state index is 0.190. The first kappa shape index (κ1) is 23.3. The highest BCUT2D eigenvalue weighted by atomic mass is 16.8. The summed E-state index contributed by atoms with van der Waals surface area (Å²) in [6.45, 7) is 1.23. The lowest BCUT2D eigenvalue weighted by molar-refractivity contribution is -0.349. The first-order chi connectivity index (χ1) is 16.0. The molecule has 6 atom stereocenters. The van der Waals surface area contributed by atoms with Gasteiger partial charge >= 0.3 is 5.97 Å². The van der Waals surface area contributed by atoms with Crippen LogP contribution in [0.25, 0.3) is 0 Å². The molecule has 33 heavy (non-hydrogen) atoms. The smallest absolute Gasteiger partial charge is 0.329 e. The van der Waals surface area contributed by atoms with Crippen LogP contribution in [0.5, 0.6) is 0 Å². The summed E-state index contributed by atoms with van der Waals surface area (Å²) >= 11 is 0. The van der Waals surface area contributed by atoms with Crippen molar-refractivity contribution >= 4 is 11.9 Å². The van der Waals surface area contributed by atoms with E-state index in [9.17, 15) is 14.7 Å². The fraction of sp³-hybridized carbons (Fsp3) is 0.417. The van der Waals surface area contributed by atoms with Crippen molar-refractivity contribution in [2.24, 2.45) is 0 Å². The molecule has 2 aromatic rings. The summed E-state index contributed by atoms with van der Waals surface area (Å²) in [6, 6.07) is 18.1. The van der Waals surface area contributed by atoms with Gasteiger partial charge < -0.3 is 34.1 Å². The number of fused-ring (bicyclic) bond motifs is 1. The number of carboxylic acids is 1. The van der Waals surface area contributed by atoms with Crippen LogP contribution in [0.2, 0.25) is 0 Å². The number of amides is 1. The van der Waals surface area contributed by atoms with Gasteiger partial charge in [-0.15, -0.1) is 0 Å². The molecular formula is C24H27NO8. The average Bonchev–Trinajstić information content (AvgIpc) is 2.82. The molecule has 2 saturated heterocycles. The highest BCUT2D eigenvalue weighted by molar-refractivity contribution is 5.73. The van der Waals surface area contributed by atoms with Gasteiger partial charge in [0.25, 0.3) is 0 Å². The number of carbonyl (C=O) groups excluding carboxylic acids is 1. The van der Waals surface area contributed by atoms with E-state index in [0.717, 1.165) is 11.1 Å². The first-order valence-electron chi connectivity index (χ1n) is 10.7. The number of aliphatic carboxylic acids is 1. The van der Waals surface area contributed by atoms with Crippen molar-refractivity contribution in [1.29, 1.82) is 0 Å². The number of hydrogen-bond acceptors (Lipinski definition) is 7. The standard InChI is InChI=1S/C24H27NO8/c1-15(26)25-20-22(29-14-19(27)28)21-18(13-31-23(33-21)17-10-6-3-7-11-17)32-24(20)30-12-16-8-4-2-5-9-16/h2-11,18,20-24H,12-14H2,1H3,(H,25,26)(H,27,28)/t18-,20-,21+,22+,23+,24+/m0/s1. The number of carboxylic acid groups (broad SMARTS) is 1. The van der Waals surface area contributed by atoms with Gasteiger partial charge in [-0.2, -0.15) is 0 Å². The molecule has 2 aromatic carbocycles. The number of ether oxygens (including phenoxy) is 5. The molecule has 0 bridgehead atoms. The first-order valence-corrected chi connectivity index (χ1v) is 10.7. The van der Waals surface area contributed by atoms with Gasteiger partial charge in [-0.3, -0.25) is 4.79 Å². The molecule has 0 radical (unpaired) electrons. The number of rotatable bonds is 8. The second kappa shape index (κ2) is 10.9. The van der Waals surface area contributed by atoms with E-state index in [1.54, 1.807) is 0 Å². The monoisotopic (exact) mass is 457 g/mol. The third-order valence-electron chi connectivity index (χ3n) is 5.44. The van der Waals surface area contributed by atoms with Gasteiger partial charge in [-0.1, -0.05) is 60.7 Å². The lowest BCUT2D eigenvalue weighted by Crippen LogP contribution is -2.67. The topological polar surface area (TPSA) is 113 Å². The van der Waals surface area contributed by atoms with Crippen LogP contribution >= 0.6 is 0 Å². The molecule has 9 nitrogen and oxygen atoms in total. The number of benzene rings is 2. The van der Waals surface area contributed by atoms with E-state index in [4.69, 9.17) is 23.7 Å². The van der Waals surface area contributed by atoms with Crippen molar-refractivity contribution < 1.29 is 38.4 Å².